The molecule has 0 aliphatic rings. The fourth-order valence-corrected chi connectivity index (χ4v) is 1.58. The summed E-state index contributed by atoms with van der Waals surface area (Å²) in [7, 11) is 0. The van der Waals surface area contributed by atoms with Crippen LogP contribution < -0.4 is 11.1 Å². The Morgan fingerprint density at radius 3 is 2.56 bits per heavy atom. The van der Waals surface area contributed by atoms with Crippen molar-refractivity contribution in [3.63, 3.8) is 0 Å². The van der Waals surface area contributed by atoms with E-state index in [1.807, 2.05) is 24.3 Å². The molecule has 90 valence electrons. The van der Waals surface area contributed by atoms with Gasteiger partial charge in [0.1, 0.15) is 5.82 Å². The molecule has 1 aromatic heterocycles. The zero-order chi connectivity index (χ0) is 12.8. The number of rotatable bonds is 4. The van der Waals surface area contributed by atoms with Crippen molar-refractivity contribution in [2.24, 2.45) is 5.73 Å². The molecular weight excluding hydrogens is 224 g/mol. The smallest absolute Gasteiger partial charge is 0.127 e. The van der Waals surface area contributed by atoms with Crippen molar-refractivity contribution >= 4 is 5.82 Å². The van der Waals surface area contributed by atoms with Gasteiger partial charge in [-0.15, -0.1) is 0 Å². The number of aromatic nitrogens is 1. The van der Waals surface area contributed by atoms with E-state index in [0.717, 1.165) is 11.1 Å². The quantitative estimate of drug-likeness (QED) is 0.854. The van der Waals surface area contributed by atoms with Crippen molar-refractivity contribution in [3.05, 3.63) is 59.3 Å². The largest absolute Gasteiger partial charge is 0.366 e. The van der Waals surface area contributed by atoms with E-state index < -0.39 is 0 Å². The molecule has 4 heteroatoms. The molecule has 0 radical (unpaired) electrons. The van der Waals surface area contributed by atoms with Gasteiger partial charge in [0.2, 0.25) is 0 Å². The Balaban J connectivity index is 2.00. The van der Waals surface area contributed by atoms with Gasteiger partial charge < -0.3 is 11.1 Å². The summed E-state index contributed by atoms with van der Waals surface area (Å²) in [6.45, 7) is 1.23. The van der Waals surface area contributed by atoms with Gasteiger partial charge in [0.25, 0.3) is 0 Å². The van der Waals surface area contributed by atoms with Crippen LogP contribution in [0.15, 0.2) is 42.6 Å². The van der Waals surface area contributed by atoms with Gasteiger partial charge >= 0.3 is 0 Å². The van der Waals surface area contributed by atoms with Crippen LogP contribution in [-0.2, 0) is 13.1 Å². The fourth-order valence-electron chi connectivity index (χ4n) is 1.58. The second kappa shape index (κ2) is 5.80. The molecular formula is C14H14N4. The Morgan fingerprint density at radius 2 is 1.89 bits per heavy atom. The highest BCUT2D eigenvalue weighted by molar-refractivity contribution is 5.42. The third-order valence-electron chi connectivity index (χ3n) is 2.62. The molecule has 0 aliphatic heterocycles. The molecule has 0 bridgehead atoms. The van der Waals surface area contributed by atoms with Crippen molar-refractivity contribution in [2.75, 3.05) is 5.32 Å². The van der Waals surface area contributed by atoms with E-state index >= 15 is 0 Å². The minimum Gasteiger partial charge on any atom is -0.366 e. The number of nitrogens with one attached hydrogen (secondary N) is 1. The number of benzene rings is 1. The van der Waals surface area contributed by atoms with Crippen LogP contribution >= 0.6 is 0 Å². The summed E-state index contributed by atoms with van der Waals surface area (Å²) >= 11 is 0. The molecule has 0 saturated heterocycles. The van der Waals surface area contributed by atoms with Gasteiger partial charge in [0.15, 0.2) is 0 Å². The van der Waals surface area contributed by atoms with Gasteiger partial charge in [-0.05, 0) is 23.3 Å². The minimum atomic E-state index is 0.555. The van der Waals surface area contributed by atoms with E-state index in [1.54, 1.807) is 18.3 Å². The maximum atomic E-state index is 8.79. The van der Waals surface area contributed by atoms with E-state index in [0.29, 0.717) is 24.5 Å². The first kappa shape index (κ1) is 12.1. The maximum absolute atomic E-state index is 8.79. The fraction of sp³-hybridized carbons (Fsp3) is 0.143. The lowest BCUT2D eigenvalue weighted by atomic mass is 10.1. The number of anilines is 1. The third-order valence-corrected chi connectivity index (χ3v) is 2.62. The highest BCUT2D eigenvalue weighted by atomic mass is 15.0. The van der Waals surface area contributed by atoms with Gasteiger partial charge in [-0.3, -0.25) is 0 Å². The number of nitrogens with zero attached hydrogens (tertiary/aromatic N) is 2. The molecule has 0 unspecified atom stereocenters. The van der Waals surface area contributed by atoms with Gasteiger partial charge in [-0.25, -0.2) is 4.98 Å². The van der Waals surface area contributed by atoms with E-state index in [-0.39, 0.29) is 0 Å². The lowest BCUT2D eigenvalue weighted by Gasteiger charge is -2.06. The van der Waals surface area contributed by atoms with Crippen molar-refractivity contribution in [1.29, 1.82) is 5.26 Å². The zero-order valence-corrected chi connectivity index (χ0v) is 9.93. The lowest BCUT2D eigenvalue weighted by Crippen LogP contribution is -2.02. The summed E-state index contributed by atoms with van der Waals surface area (Å²) in [5, 5.41) is 12.0. The summed E-state index contributed by atoms with van der Waals surface area (Å²) in [6, 6.07) is 13.6. The van der Waals surface area contributed by atoms with Gasteiger partial charge in [-0.1, -0.05) is 24.3 Å². The minimum absolute atomic E-state index is 0.555. The van der Waals surface area contributed by atoms with Crippen LogP contribution in [-0.4, -0.2) is 4.98 Å². The molecule has 0 amide bonds. The van der Waals surface area contributed by atoms with Gasteiger partial charge in [0, 0.05) is 19.3 Å². The molecule has 3 N–H and O–H groups in total. The first-order valence-electron chi connectivity index (χ1n) is 5.70. The zero-order valence-electron chi connectivity index (χ0n) is 9.93. The highest BCUT2D eigenvalue weighted by Crippen LogP contribution is 2.09. The van der Waals surface area contributed by atoms with Crippen LogP contribution in [0.4, 0.5) is 5.82 Å². The SMILES string of the molecule is N#Cc1ccnc(NCc2ccc(CN)cc2)c1. The summed E-state index contributed by atoms with van der Waals surface area (Å²) < 4.78 is 0. The van der Waals surface area contributed by atoms with Crippen LogP contribution in [0.25, 0.3) is 0 Å². The number of hydrogen-bond donors (Lipinski definition) is 2. The summed E-state index contributed by atoms with van der Waals surface area (Å²) in [5.74, 6) is 0.706. The van der Waals surface area contributed by atoms with Crippen molar-refractivity contribution in [3.8, 4) is 6.07 Å². The Bertz CT molecular complexity index is 555. The van der Waals surface area contributed by atoms with Crippen molar-refractivity contribution in [1.82, 2.24) is 4.98 Å². The van der Waals surface area contributed by atoms with E-state index in [1.165, 1.54) is 0 Å². The molecule has 1 heterocycles. The van der Waals surface area contributed by atoms with Crippen molar-refractivity contribution in [2.45, 2.75) is 13.1 Å². The molecule has 2 aromatic rings. The van der Waals surface area contributed by atoms with Gasteiger partial charge in [0.05, 0.1) is 11.6 Å². The number of hydrogen-bond acceptors (Lipinski definition) is 4. The average Bonchev–Trinajstić information content (AvgIpc) is 2.46. The first-order valence-corrected chi connectivity index (χ1v) is 5.70. The van der Waals surface area contributed by atoms with E-state index in [9.17, 15) is 0 Å². The Morgan fingerprint density at radius 1 is 1.17 bits per heavy atom. The summed E-state index contributed by atoms with van der Waals surface area (Å²) in [5.41, 5.74) is 8.41. The molecule has 0 spiro atoms. The lowest BCUT2D eigenvalue weighted by molar-refractivity contribution is 1.05. The molecule has 1 aromatic carbocycles. The molecule has 0 fully saturated rings. The van der Waals surface area contributed by atoms with Crippen LogP contribution in [0.5, 0.6) is 0 Å². The molecule has 0 atom stereocenters. The standard InChI is InChI=1S/C14H14N4/c15-8-11-1-3-12(4-2-11)10-18-14-7-13(9-16)5-6-17-14/h1-7H,8,10,15H2,(H,17,18). The van der Waals surface area contributed by atoms with E-state index in [2.05, 4.69) is 16.4 Å². The number of nitrogens with two attached hydrogens (primary N) is 1. The normalized spacial score (nSPS) is 9.78. The first-order chi connectivity index (χ1) is 8.81. The molecule has 4 nitrogen and oxygen atoms in total. The summed E-state index contributed by atoms with van der Waals surface area (Å²) in [6.07, 6.45) is 1.62. The van der Waals surface area contributed by atoms with Gasteiger partial charge in [-0.2, -0.15) is 5.26 Å². The second-order valence-electron chi connectivity index (χ2n) is 3.92. The predicted octanol–water partition coefficient (Wildman–Crippen LogP) is 2.02. The molecule has 0 aliphatic carbocycles. The van der Waals surface area contributed by atoms with Crippen molar-refractivity contribution < 1.29 is 0 Å². The molecule has 2 rings (SSSR count). The maximum Gasteiger partial charge on any atom is 0.127 e. The summed E-state index contributed by atoms with van der Waals surface area (Å²) in [4.78, 5) is 4.15. The number of nitriles is 1. The van der Waals surface area contributed by atoms with Crippen LogP contribution in [0.1, 0.15) is 16.7 Å². The van der Waals surface area contributed by atoms with Crippen LogP contribution in [0, 0.1) is 11.3 Å². The molecule has 0 saturated carbocycles. The van der Waals surface area contributed by atoms with Crippen LogP contribution in [0.3, 0.4) is 0 Å². The Labute approximate surface area is 106 Å². The highest BCUT2D eigenvalue weighted by Gasteiger charge is 1.97. The Hall–Kier alpha value is -2.38. The van der Waals surface area contributed by atoms with Crippen LogP contribution in [0.2, 0.25) is 0 Å². The molecule has 18 heavy (non-hydrogen) atoms. The number of pyridine rings is 1. The second-order valence-corrected chi connectivity index (χ2v) is 3.92. The predicted molar refractivity (Wildman–Crippen MR) is 70.6 cm³/mol. The topological polar surface area (TPSA) is 74.7 Å². The third kappa shape index (κ3) is 3.06. The average molecular weight is 238 g/mol. The monoisotopic (exact) mass is 238 g/mol. The Kier molecular flexibility index (Phi) is 3.90. The van der Waals surface area contributed by atoms with E-state index in [4.69, 9.17) is 11.0 Å².